The van der Waals surface area contributed by atoms with Crippen molar-refractivity contribution in [2.75, 3.05) is 12.5 Å². The van der Waals surface area contributed by atoms with E-state index >= 15 is 0 Å². The molecule has 0 aliphatic heterocycles. The quantitative estimate of drug-likeness (QED) is 0.463. The van der Waals surface area contributed by atoms with E-state index in [4.69, 9.17) is 0 Å². The number of hydrogen-bond donors (Lipinski definition) is 0. The molecule has 1 nitrogen and oxygen atoms in total. The third-order valence-corrected chi connectivity index (χ3v) is 4.34. The van der Waals surface area contributed by atoms with Crippen molar-refractivity contribution in [2.24, 2.45) is 0 Å². The lowest BCUT2D eigenvalue weighted by molar-refractivity contribution is -0.0887. The molecule has 104 valence electrons. The number of ketones is 1. The number of thioether (sulfide) groups is 2. The fourth-order valence-electron chi connectivity index (χ4n) is 1.37. The molecule has 0 aliphatic rings. The first-order valence-corrected chi connectivity index (χ1v) is 7.46. The van der Waals surface area contributed by atoms with Gasteiger partial charge in [-0.2, -0.15) is 13.2 Å². The molecule has 0 atom stereocenters. The smallest absolute Gasteiger partial charge is 0.289 e. The first kappa shape index (κ1) is 16.1. The number of carbonyl (C=O) groups is 1. The van der Waals surface area contributed by atoms with Crippen LogP contribution < -0.4 is 0 Å². The van der Waals surface area contributed by atoms with Crippen LogP contribution in [0.2, 0.25) is 0 Å². The van der Waals surface area contributed by atoms with E-state index in [0.29, 0.717) is 0 Å². The van der Waals surface area contributed by atoms with Crippen molar-refractivity contribution in [3.8, 4) is 0 Å². The van der Waals surface area contributed by atoms with Gasteiger partial charge >= 0.3 is 6.18 Å². The minimum absolute atomic E-state index is 0.109. The zero-order valence-electron chi connectivity index (χ0n) is 10.0. The second-order valence-corrected chi connectivity index (χ2v) is 5.30. The molecule has 0 saturated heterocycles. The van der Waals surface area contributed by atoms with Gasteiger partial charge in [0.2, 0.25) is 0 Å². The largest absolute Gasteiger partial charge is 0.421 e. The van der Waals surface area contributed by atoms with Crippen LogP contribution >= 0.6 is 23.5 Å². The molecular weight excluding hydrogens is 300 g/mol. The number of benzene rings is 1. The Morgan fingerprint density at radius 1 is 1.05 bits per heavy atom. The normalized spacial score (nSPS) is 11.3. The Kier molecular flexibility index (Phi) is 5.49. The number of alkyl halides is 3. The molecule has 0 amide bonds. The maximum Gasteiger partial charge on any atom is 0.421 e. The molecule has 0 bridgehead atoms. The van der Waals surface area contributed by atoms with Gasteiger partial charge in [0.05, 0.1) is 4.24 Å². The molecule has 0 fully saturated rings. The summed E-state index contributed by atoms with van der Waals surface area (Å²) in [6, 6.07) is 4.00. The zero-order valence-corrected chi connectivity index (χ0v) is 11.7. The van der Waals surface area contributed by atoms with E-state index in [-0.39, 0.29) is 9.80 Å². The highest BCUT2D eigenvalue weighted by Gasteiger charge is 2.41. The van der Waals surface area contributed by atoms with Gasteiger partial charge in [-0.3, -0.25) is 4.79 Å². The van der Waals surface area contributed by atoms with Crippen LogP contribution in [-0.2, 0) is 0 Å². The van der Waals surface area contributed by atoms with Gasteiger partial charge in [0, 0.05) is 5.56 Å². The van der Waals surface area contributed by atoms with Gasteiger partial charge in [-0.05, 0) is 36.8 Å². The Morgan fingerprint density at radius 3 is 1.89 bits per heavy atom. The number of rotatable bonds is 4. The molecular formula is C12H10F4OS2. The van der Waals surface area contributed by atoms with E-state index in [1.165, 1.54) is 12.5 Å². The minimum Gasteiger partial charge on any atom is -0.289 e. The Labute approximate surface area is 116 Å². The Balaban J connectivity index is 3.31. The van der Waals surface area contributed by atoms with Crippen molar-refractivity contribution in [2.45, 2.75) is 6.18 Å². The molecule has 0 aromatic heterocycles. The maximum atomic E-state index is 13.0. The van der Waals surface area contributed by atoms with Crippen LogP contribution in [0.5, 0.6) is 0 Å². The Bertz CT molecular complexity index is 485. The summed E-state index contributed by atoms with van der Waals surface area (Å²) in [5.41, 5.74) is -1.39. The van der Waals surface area contributed by atoms with Crippen LogP contribution in [0.25, 0.3) is 0 Å². The van der Waals surface area contributed by atoms with Gasteiger partial charge in [0.15, 0.2) is 5.78 Å². The highest BCUT2D eigenvalue weighted by molar-refractivity contribution is 8.21. The zero-order chi connectivity index (χ0) is 14.6. The van der Waals surface area contributed by atoms with Crippen LogP contribution in [0.15, 0.2) is 34.1 Å². The summed E-state index contributed by atoms with van der Waals surface area (Å²) in [6.45, 7) is 0. The summed E-state index contributed by atoms with van der Waals surface area (Å²) in [6.07, 6.45) is -1.81. The summed E-state index contributed by atoms with van der Waals surface area (Å²) in [4.78, 5) is 11.9. The monoisotopic (exact) mass is 310 g/mol. The van der Waals surface area contributed by atoms with E-state index in [1.807, 2.05) is 0 Å². The number of allylic oxidation sites excluding steroid dienone is 1. The topological polar surface area (TPSA) is 17.1 Å². The molecule has 0 aliphatic carbocycles. The first-order valence-electron chi connectivity index (χ1n) is 5.01. The molecule has 19 heavy (non-hydrogen) atoms. The summed E-state index contributed by atoms with van der Waals surface area (Å²) >= 11 is 1.72. The van der Waals surface area contributed by atoms with Gasteiger partial charge in [0.1, 0.15) is 11.4 Å². The molecule has 0 saturated carbocycles. The second kappa shape index (κ2) is 6.47. The molecule has 0 radical (unpaired) electrons. The third-order valence-electron chi connectivity index (χ3n) is 2.19. The molecule has 1 rings (SSSR count). The number of hydrogen-bond acceptors (Lipinski definition) is 3. The maximum absolute atomic E-state index is 13.0. The fourth-order valence-corrected chi connectivity index (χ4v) is 2.86. The predicted molar refractivity (Wildman–Crippen MR) is 70.8 cm³/mol. The van der Waals surface area contributed by atoms with Gasteiger partial charge in [0.25, 0.3) is 0 Å². The van der Waals surface area contributed by atoms with Crippen LogP contribution in [0.1, 0.15) is 10.4 Å². The highest BCUT2D eigenvalue weighted by atomic mass is 32.2. The fraction of sp³-hybridized carbons (Fsp3) is 0.250. The first-order chi connectivity index (χ1) is 8.81. The van der Waals surface area contributed by atoms with Crippen molar-refractivity contribution in [1.29, 1.82) is 0 Å². The summed E-state index contributed by atoms with van der Waals surface area (Å²) in [7, 11) is 0. The van der Waals surface area contributed by atoms with Crippen molar-refractivity contribution in [3.05, 3.63) is 45.5 Å². The number of carbonyl (C=O) groups excluding carboxylic acids is 1. The lowest BCUT2D eigenvalue weighted by Gasteiger charge is -2.14. The molecule has 7 heteroatoms. The predicted octanol–water partition coefficient (Wildman–Crippen LogP) is 4.51. The van der Waals surface area contributed by atoms with Crippen LogP contribution in [-0.4, -0.2) is 24.5 Å². The molecule has 1 aromatic rings. The van der Waals surface area contributed by atoms with Gasteiger partial charge in [-0.1, -0.05) is 0 Å². The Morgan fingerprint density at radius 2 is 1.53 bits per heavy atom. The highest BCUT2D eigenvalue weighted by Crippen LogP contribution is 2.38. The summed E-state index contributed by atoms with van der Waals surface area (Å²) < 4.78 is 51.6. The second-order valence-electron chi connectivity index (χ2n) is 3.40. The van der Waals surface area contributed by atoms with E-state index in [1.54, 1.807) is 0 Å². The van der Waals surface area contributed by atoms with Crippen LogP contribution in [0.4, 0.5) is 17.6 Å². The van der Waals surface area contributed by atoms with Crippen LogP contribution in [0, 0.1) is 5.82 Å². The molecule has 0 unspecified atom stereocenters. The molecule has 0 spiro atoms. The van der Waals surface area contributed by atoms with Gasteiger partial charge in [-0.15, -0.1) is 23.5 Å². The minimum atomic E-state index is -4.74. The number of halogens is 4. The average Bonchev–Trinajstić information content (AvgIpc) is 2.34. The Hall–Kier alpha value is -0.950. The van der Waals surface area contributed by atoms with Gasteiger partial charge in [-0.25, -0.2) is 4.39 Å². The van der Waals surface area contributed by atoms with Crippen molar-refractivity contribution >= 4 is 29.3 Å². The summed E-state index contributed by atoms with van der Waals surface area (Å²) in [5, 5.41) is 0. The molecule has 0 heterocycles. The standard InChI is InChI=1S/C12H10F4OS2/c1-18-11(19-2)9(12(14,15)16)10(17)7-3-5-8(13)6-4-7/h3-6H,1-2H3. The third kappa shape index (κ3) is 4.01. The average molecular weight is 310 g/mol. The number of Topliss-reactive ketones (excluding diaryl/α,β-unsaturated/α-hetero) is 1. The van der Waals surface area contributed by atoms with Crippen molar-refractivity contribution in [1.82, 2.24) is 0 Å². The van der Waals surface area contributed by atoms with E-state index in [0.717, 1.165) is 47.8 Å². The molecule has 0 N–H and O–H groups in total. The van der Waals surface area contributed by atoms with E-state index in [9.17, 15) is 22.4 Å². The van der Waals surface area contributed by atoms with Gasteiger partial charge < -0.3 is 0 Å². The van der Waals surface area contributed by atoms with E-state index in [2.05, 4.69) is 0 Å². The lowest BCUT2D eigenvalue weighted by Crippen LogP contribution is -2.21. The van der Waals surface area contributed by atoms with E-state index < -0.39 is 23.3 Å². The van der Waals surface area contributed by atoms with Crippen LogP contribution in [0.3, 0.4) is 0 Å². The lowest BCUT2D eigenvalue weighted by atomic mass is 10.0. The molecule has 1 aromatic carbocycles. The van der Waals surface area contributed by atoms with Crippen molar-refractivity contribution in [3.63, 3.8) is 0 Å². The SMILES string of the molecule is CSC(SC)=C(C(=O)c1ccc(F)cc1)C(F)(F)F. The summed E-state index contributed by atoms with van der Waals surface area (Å²) in [5.74, 6) is -1.75. The van der Waals surface area contributed by atoms with Crippen molar-refractivity contribution < 1.29 is 22.4 Å².